The van der Waals surface area contributed by atoms with Crippen LogP contribution in [0.5, 0.6) is 0 Å². The summed E-state index contributed by atoms with van der Waals surface area (Å²) in [5.41, 5.74) is 3.16. The van der Waals surface area contributed by atoms with E-state index in [1.807, 2.05) is 75.4 Å². The first-order valence-corrected chi connectivity index (χ1v) is 16.1. The van der Waals surface area contributed by atoms with Gasteiger partial charge in [-0.05, 0) is 61.6 Å². The number of carbonyl (C=O) groups is 2. The summed E-state index contributed by atoms with van der Waals surface area (Å²) in [5.74, 6) is -0.459. The lowest BCUT2D eigenvalue weighted by Crippen LogP contribution is -2.52. The molecular formula is C32H40ClN3O4S. The number of hydrogen-bond donors (Lipinski definition) is 1. The second-order valence-electron chi connectivity index (χ2n) is 10.4. The monoisotopic (exact) mass is 597 g/mol. The molecule has 0 fully saturated rings. The SMILES string of the molecule is CC[C@@H](C)NC(=O)[C@@H](Cc1ccccc1)N(Cc1cccc(Cl)c1)C(=O)CCCN(c1ccccc1C)S(C)(=O)=O. The van der Waals surface area contributed by atoms with Crippen molar-refractivity contribution in [1.82, 2.24) is 10.2 Å². The Hall–Kier alpha value is -3.36. The Morgan fingerprint density at radius 2 is 1.61 bits per heavy atom. The highest BCUT2D eigenvalue weighted by Gasteiger charge is 2.31. The molecule has 7 nitrogen and oxygen atoms in total. The van der Waals surface area contributed by atoms with Gasteiger partial charge in [0.05, 0.1) is 11.9 Å². The number of hydrogen-bond acceptors (Lipinski definition) is 4. The van der Waals surface area contributed by atoms with Crippen molar-refractivity contribution in [2.24, 2.45) is 0 Å². The molecule has 2 atom stereocenters. The first-order chi connectivity index (χ1) is 19.5. The van der Waals surface area contributed by atoms with E-state index in [0.29, 0.717) is 17.1 Å². The highest BCUT2D eigenvalue weighted by molar-refractivity contribution is 7.92. The molecule has 0 radical (unpaired) electrons. The molecule has 3 aromatic rings. The van der Waals surface area contributed by atoms with E-state index in [9.17, 15) is 18.0 Å². The van der Waals surface area contributed by atoms with Crippen LogP contribution in [-0.4, -0.2) is 50.0 Å². The molecule has 0 saturated heterocycles. The smallest absolute Gasteiger partial charge is 0.243 e. The second kappa shape index (κ2) is 15.0. The number of halogens is 1. The number of carbonyl (C=O) groups excluding carboxylic acids is 2. The molecule has 1 N–H and O–H groups in total. The van der Waals surface area contributed by atoms with E-state index in [1.54, 1.807) is 29.2 Å². The van der Waals surface area contributed by atoms with Crippen molar-refractivity contribution in [3.63, 3.8) is 0 Å². The summed E-state index contributed by atoms with van der Waals surface area (Å²) in [5, 5.41) is 3.60. The van der Waals surface area contributed by atoms with Gasteiger partial charge in [0.1, 0.15) is 6.04 Å². The molecule has 41 heavy (non-hydrogen) atoms. The molecule has 0 aromatic heterocycles. The van der Waals surface area contributed by atoms with E-state index in [1.165, 1.54) is 10.6 Å². The van der Waals surface area contributed by atoms with E-state index in [-0.39, 0.29) is 43.8 Å². The van der Waals surface area contributed by atoms with Crippen molar-refractivity contribution >= 4 is 39.1 Å². The van der Waals surface area contributed by atoms with Crippen LogP contribution in [-0.2, 0) is 32.6 Å². The van der Waals surface area contributed by atoms with Crippen molar-refractivity contribution in [3.8, 4) is 0 Å². The first-order valence-electron chi connectivity index (χ1n) is 13.9. The number of rotatable bonds is 14. The van der Waals surface area contributed by atoms with Crippen LogP contribution in [0.4, 0.5) is 5.69 Å². The number of benzene rings is 3. The fourth-order valence-corrected chi connectivity index (χ4v) is 5.89. The summed E-state index contributed by atoms with van der Waals surface area (Å²) >= 11 is 6.25. The molecule has 0 aliphatic carbocycles. The highest BCUT2D eigenvalue weighted by Crippen LogP contribution is 2.23. The summed E-state index contributed by atoms with van der Waals surface area (Å²) in [4.78, 5) is 29.1. The molecule has 0 bridgehead atoms. The molecule has 0 unspecified atom stereocenters. The summed E-state index contributed by atoms with van der Waals surface area (Å²) in [6, 6.07) is 23.3. The quantitative estimate of drug-likeness (QED) is 0.256. The van der Waals surface area contributed by atoms with Crippen LogP contribution in [0.3, 0.4) is 0 Å². The number of para-hydroxylation sites is 1. The van der Waals surface area contributed by atoms with Gasteiger partial charge in [-0.15, -0.1) is 0 Å². The summed E-state index contributed by atoms with van der Waals surface area (Å²) < 4.78 is 26.7. The standard InChI is InChI=1S/C32H40ClN3O4S/c1-5-25(3)34-32(38)30(22-26-14-7-6-8-15-26)35(23-27-16-11-17-28(33)21-27)31(37)19-12-20-36(41(4,39)40)29-18-10-9-13-24(29)2/h6-11,13-18,21,25,30H,5,12,19-20,22-23H2,1-4H3,(H,34,38)/t25-,30-/m1/s1. The number of sulfonamides is 1. The minimum atomic E-state index is -3.57. The Labute approximate surface area is 249 Å². The lowest BCUT2D eigenvalue weighted by molar-refractivity contribution is -0.141. The van der Waals surface area contributed by atoms with Gasteiger partial charge in [-0.25, -0.2) is 8.42 Å². The highest BCUT2D eigenvalue weighted by atomic mass is 35.5. The van der Waals surface area contributed by atoms with Crippen molar-refractivity contribution in [2.75, 3.05) is 17.1 Å². The zero-order valence-electron chi connectivity index (χ0n) is 24.2. The summed E-state index contributed by atoms with van der Waals surface area (Å²) in [6.07, 6.45) is 2.62. The summed E-state index contributed by atoms with van der Waals surface area (Å²) in [7, 11) is -3.57. The van der Waals surface area contributed by atoms with E-state index in [0.717, 1.165) is 23.1 Å². The molecule has 0 heterocycles. The number of anilines is 1. The van der Waals surface area contributed by atoms with Crippen LogP contribution < -0.4 is 9.62 Å². The third kappa shape index (κ3) is 9.61. The lowest BCUT2D eigenvalue weighted by atomic mass is 10.0. The third-order valence-electron chi connectivity index (χ3n) is 7.05. The topological polar surface area (TPSA) is 86.8 Å². The Kier molecular flexibility index (Phi) is 11.8. The van der Waals surface area contributed by atoms with Gasteiger partial charge in [0.2, 0.25) is 21.8 Å². The van der Waals surface area contributed by atoms with Crippen LogP contribution in [0.15, 0.2) is 78.9 Å². The largest absolute Gasteiger partial charge is 0.352 e. The van der Waals surface area contributed by atoms with E-state index < -0.39 is 16.1 Å². The molecule has 9 heteroatoms. The maximum absolute atomic E-state index is 13.9. The van der Waals surface area contributed by atoms with E-state index in [2.05, 4.69) is 5.32 Å². The van der Waals surface area contributed by atoms with E-state index >= 15 is 0 Å². The van der Waals surface area contributed by atoms with E-state index in [4.69, 9.17) is 11.6 Å². The second-order valence-corrected chi connectivity index (χ2v) is 12.7. The van der Waals surface area contributed by atoms with Crippen LogP contribution in [0.1, 0.15) is 49.8 Å². The van der Waals surface area contributed by atoms with Crippen molar-refractivity contribution < 1.29 is 18.0 Å². The molecule has 0 spiro atoms. The predicted molar refractivity (Wildman–Crippen MR) is 166 cm³/mol. The average molecular weight is 598 g/mol. The molecular weight excluding hydrogens is 558 g/mol. The Morgan fingerprint density at radius 1 is 0.951 bits per heavy atom. The normalized spacial score (nSPS) is 12.8. The fraction of sp³-hybridized carbons (Fsp3) is 0.375. The van der Waals surface area contributed by atoms with Gasteiger partial charge in [-0.3, -0.25) is 13.9 Å². The van der Waals surface area contributed by atoms with Gasteiger partial charge >= 0.3 is 0 Å². The fourth-order valence-electron chi connectivity index (χ4n) is 4.65. The minimum absolute atomic E-state index is 0.0543. The number of aryl methyl sites for hydroxylation is 1. The minimum Gasteiger partial charge on any atom is -0.352 e. The molecule has 0 aliphatic rings. The molecule has 0 saturated carbocycles. The summed E-state index contributed by atoms with van der Waals surface area (Å²) in [6.45, 7) is 6.12. The first kappa shape index (κ1) is 32.2. The van der Waals surface area contributed by atoms with Gasteiger partial charge in [0.15, 0.2) is 0 Å². The van der Waals surface area contributed by atoms with Crippen molar-refractivity contribution in [2.45, 2.75) is 65.1 Å². The molecule has 3 aromatic carbocycles. The maximum Gasteiger partial charge on any atom is 0.243 e. The Balaban J connectivity index is 1.90. The zero-order valence-corrected chi connectivity index (χ0v) is 25.8. The Bertz CT molecular complexity index is 1420. The van der Waals surface area contributed by atoms with Gasteiger partial charge in [0.25, 0.3) is 0 Å². The Morgan fingerprint density at radius 3 is 2.24 bits per heavy atom. The van der Waals surface area contributed by atoms with Crippen LogP contribution in [0.2, 0.25) is 5.02 Å². The van der Waals surface area contributed by atoms with Crippen molar-refractivity contribution in [1.29, 1.82) is 0 Å². The van der Waals surface area contributed by atoms with Crippen LogP contribution in [0.25, 0.3) is 0 Å². The molecule has 2 amide bonds. The van der Waals surface area contributed by atoms with Gasteiger partial charge < -0.3 is 10.2 Å². The number of nitrogens with one attached hydrogen (secondary N) is 1. The third-order valence-corrected chi connectivity index (χ3v) is 8.47. The number of amides is 2. The number of nitrogens with zero attached hydrogens (tertiary/aromatic N) is 2. The molecule has 3 rings (SSSR count). The molecule has 0 aliphatic heterocycles. The van der Waals surface area contributed by atoms with Crippen LogP contribution in [0, 0.1) is 6.92 Å². The predicted octanol–water partition coefficient (Wildman–Crippen LogP) is 5.75. The average Bonchev–Trinajstić information content (AvgIpc) is 2.93. The van der Waals surface area contributed by atoms with Gasteiger partial charge in [0, 0.05) is 37.0 Å². The van der Waals surface area contributed by atoms with Gasteiger partial charge in [-0.2, -0.15) is 0 Å². The zero-order chi connectivity index (χ0) is 30.0. The maximum atomic E-state index is 13.9. The van der Waals surface area contributed by atoms with Crippen LogP contribution >= 0.6 is 11.6 Å². The lowest BCUT2D eigenvalue weighted by Gasteiger charge is -2.33. The van der Waals surface area contributed by atoms with Crippen molar-refractivity contribution in [3.05, 3.63) is 101 Å². The van der Waals surface area contributed by atoms with Gasteiger partial charge in [-0.1, -0.05) is 79.2 Å². The molecule has 220 valence electrons.